The first-order valence-electron chi connectivity index (χ1n) is 5.16. The molecule has 2 rings (SSSR count). The predicted molar refractivity (Wildman–Crippen MR) is 61.2 cm³/mol. The van der Waals surface area contributed by atoms with Crippen LogP contribution in [0.1, 0.15) is 23.2 Å². The first-order chi connectivity index (χ1) is 8.15. The van der Waals surface area contributed by atoms with E-state index in [9.17, 15) is 4.79 Å². The third-order valence-corrected chi connectivity index (χ3v) is 3.11. The molecule has 1 saturated heterocycles. The Morgan fingerprint density at radius 3 is 3.06 bits per heavy atom. The molecule has 1 unspecified atom stereocenters. The van der Waals surface area contributed by atoms with Crippen molar-refractivity contribution >= 4 is 23.3 Å². The number of nitrogens with zero attached hydrogens (tertiary/aromatic N) is 2. The van der Waals surface area contributed by atoms with Crippen LogP contribution in [0.25, 0.3) is 0 Å². The second-order valence-corrected chi connectivity index (χ2v) is 4.13. The Bertz CT molecular complexity index is 457. The number of nitrogens with two attached hydrogens (primary N) is 1. The molecule has 0 saturated carbocycles. The van der Waals surface area contributed by atoms with E-state index in [1.165, 1.54) is 17.2 Å². The summed E-state index contributed by atoms with van der Waals surface area (Å²) < 4.78 is 4.87. The minimum Gasteiger partial charge on any atom is -0.452 e. The lowest BCUT2D eigenvalue weighted by molar-refractivity contribution is 0.0767. The van der Waals surface area contributed by atoms with Crippen LogP contribution in [0.3, 0.4) is 0 Å². The van der Waals surface area contributed by atoms with Crippen LogP contribution in [0.15, 0.2) is 21.9 Å². The quantitative estimate of drug-likeness (QED) is 0.361. The normalized spacial score (nSPS) is 20.9. The van der Waals surface area contributed by atoms with Crippen molar-refractivity contribution in [3.8, 4) is 0 Å². The molecule has 92 valence electrons. The lowest BCUT2D eigenvalue weighted by atomic mass is 10.2. The van der Waals surface area contributed by atoms with Gasteiger partial charge in [-0.15, -0.1) is 0 Å². The molecule has 1 fully saturated rings. The van der Waals surface area contributed by atoms with E-state index in [1.807, 2.05) is 0 Å². The number of hydrogen-bond donors (Lipinski definition) is 2. The fourth-order valence-corrected chi connectivity index (χ4v) is 2.18. The molecule has 3 N–H and O–H groups in total. The van der Waals surface area contributed by atoms with E-state index in [2.05, 4.69) is 5.16 Å². The van der Waals surface area contributed by atoms with E-state index in [0.29, 0.717) is 18.5 Å². The van der Waals surface area contributed by atoms with Gasteiger partial charge in [0, 0.05) is 6.54 Å². The number of rotatable bonds is 2. The number of halogens is 1. The highest BCUT2D eigenvalue weighted by atomic mass is 35.5. The maximum Gasteiger partial charge on any atom is 0.259 e. The molecule has 0 spiro atoms. The van der Waals surface area contributed by atoms with Crippen LogP contribution in [0.4, 0.5) is 0 Å². The molecule has 0 radical (unpaired) electrons. The number of carbonyl (C=O) groups excluding carboxylic acids is 1. The van der Waals surface area contributed by atoms with Crippen LogP contribution in [0.2, 0.25) is 5.22 Å². The van der Waals surface area contributed by atoms with Gasteiger partial charge in [-0.25, -0.2) is 0 Å². The standard InChI is InChI=1S/C10H12ClN3O3/c11-8-6(3-5-17-8)10(15)14-4-1-2-7(14)9(12)13-16/h3,5,7,16H,1-2,4H2,(H2,12,13). The van der Waals surface area contributed by atoms with Crippen molar-refractivity contribution in [2.45, 2.75) is 18.9 Å². The third kappa shape index (κ3) is 2.08. The third-order valence-electron chi connectivity index (χ3n) is 2.82. The van der Waals surface area contributed by atoms with Gasteiger partial charge >= 0.3 is 0 Å². The summed E-state index contributed by atoms with van der Waals surface area (Å²) in [4.78, 5) is 13.7. The van der Waals surface area contributed by atoms with E-state index < -0.39 is 0 Å². The molecular formula is C10H12ClN3O3. The monoisotopic (exact) mass is 257 g/mol. The summed E-state index contributed by atoms with van der Waals surface area (Å²) in [5, 5.41) is 11.7. The highest BCUT2D eigenvalue weighted by Crippen LogP contribution is 2.24. The Kier molecular flexibility index (Phi) is 3.23. The molecule has 0 bridgehead atoms. The van der Waals surface area contributed by atoms with Crippen LogP contribution in [0.5, 0.6) is 0 Å². The smallest absolute Gasteiger partial charge is 0.259 e. The molecule has 2 heterocycles. The minimum absolute atomic E-state index is 0.0375. The second-order valence-electron chi connectivity index (χ2n) is 3.79. The number of furan rings is 1. The lowest BCUT2D eigenvalue weighted by Gasteiger charge is -2.22. The Labute approximate surface area is 103 Å². The number of oxime groups is 1. The van der Waals surface area contributed by atoms with Crippen LogP contribution in [0, 0.1) is 0 Å². The van der Waals surface area contributed by atoms with Crippen molar-refractivity contribution in [2.75, 3.05) is 6.54 Å². The Balaban J connectivity index is 2.23. The van der Waals surface area contributed by atoms with Gasteiger partial charge in [-0.2, -0.15) is 0 Å². The molecule has 0 aliphatic carbocycles. The Morgan fingerprint density at radius 1 is 1.71 bits per heavy atom. The van der Waals surface area contributed by atoms with Gasteiger partial charge in [-0.1, -0.05) is 5.16 Å². The summed E-state index contributed by atoms with van der Waals surface area (Å²) in [6, 6.07) is 1.13. The number of hydrogen-bond acceptors (Lipinski definition) is 4. The van der Waals surface area contributed by atoms with Crippen LogP contribution in [-0.2, 0) is 0 Å². The number of carbonyl (C=O) groups is 1. The fraction of sp³-hybridized carbons (Fsp3) is 0.400. The van der Waals surface area contributed by atoms with Crippen molar-refractivity contribution in [3.63, 3.8) is 0 Å². The second kappa shape index (κ2) is 4.67. The first kappa shape index (κ1) is 11.8. The van der Waals surface area contributed by atoms with Gasteiger partial charge in [-0.3, -0.25) is 4.79 Å². The largest absolute Gasteiger partial charge is 0.452 e. The summed E-state index contributed by atoms with van der Waals surface area (Å²) in [7, 11) is 0. The first-order valence-corrected chi connectivity index (χ1v) is 5.54. The van der Waals surface area contributed by atoms with Gasteiger partial charge in [0.2, 0.25) is 5.22 Å². The van der Waals surface area contributed by atoms with Crippen LogP contribution >= 0.6 is 11.6 Å². The molecule has 1 aliphatic rings. The lowest BCUT2D eigenvalue weighted by Crippen LogP contribution is -2.43. The molecule has 1 aromatic rings. The fourth-order valence-electron chi connectivity index (χ4n) is 1.98. The summed E-state index contributed by atoms with van der Waals surface area (Å²) in [5.41, 5.74) is 5.84. The van der Waals surface area contributed by atoms with E-state index in [-0.39, 0.29) is 23.0 Å². The average Bonchev–Trinajstić information content (AvgIpc) is 2.95. The van der Waals surface area contributed by atoms with Crippen LogP contribution in [-0.4, -0.2) is 34.4 Å². The Morgan fingerprint density at radius 2 is 2.47 bits per heavy atom. The maximum absolute atomic E-state index is 12.1. The molecule has 1 atom stereocenters. The van der Waals surface area contributed by atoms with E-state index in [1.54, 1.807) is 0 Å². The van der Waals surface area contributed by atoms with Crippen molar-refractivity contribution in [2.24, 2.45) is 10.9 Å². The topological polar surface area (TPSA) is 92.1 Å². The maximum atomic E-state index is 12.1. The molecule has 1 aliphatic heterocycles. The SMILES string of the molecule is N/C(=N/O)C1CCCN1C(=O)c1ccoc1Cl. The zero-order chi connectivity index (χ0) is 12.4. The van der Waals surface area contributed by atoms with Crippen molar-refractivity contribution in [1.29, 1.82) is 0 Å². The minimum atomic E-state index is -0.376. The van der Waals surface area contributed by atoms with Crippen molar-refractivity contribution < 1.29 is 14.4 Å². The Hall–Kier alpha value is -1.69. The van der Waals surface area contributed by atoms with Crippen molar-refractivity contribution in [3.05, 3.63) is 23.1 Å². The van der Waals surface area contributed by atoms with Gasteiger partial charge in [0.15, 0.2) is 5.84 Å². The number of likely N-dealkylation sites (tertiary alicyclic amines) is 1. The van der Waals surface area contributed by atoms with Gasteiger partial charge in [0.25, 0.3) is 5.91 Å². The molecule has 0 aromatic carbocycles. The highest BCUT2D eigenvalue weighted by molar-refractivity contribution is 6.32. The zero-order valence-corrected chi connectivity index (χ0v) is 9.72. The summed E-state index contributed by atoms with van der Waals surface area (Å²) in [6.07, 6.45) is 2.84. The van der Waals surface area contributed by atoms with Gasteiger partial charge in [0.05, 0.1) is 17.9 Å². The highest BCUT2D eigenvalue weighted by Gasteiger charge is 2.33. The van der Waals surface area contributed by atoms with Gasteiger partial charge < -0.3 is 20.3 Å². The van der Waals surface area contributed by atoms with Crippen LogP contribution < -0.4 is 5.73 Å². The summed E-state index contributed by atoms with van der Waals surface area (Å²) in [5.74, 6) is -0.228. The van der Waals surface area contributed by atoms with Crippen molar-refractivity contribution in [1.82, 2.24) is 4.90 Å². The zero-order valence-electron chi connectivity index (χ0n) is 8.97. The number of amidine groups is 1. The van der Waals surface area contributed by atoms with E-state index >= 15 is 0 Å². The molecule has 1 aromatic heterocycles. The van der Waals surface area contributed by atoms with Gasteiger partial charge in [0.1, 0.15) is 0 Å². The predicted octanol–water partition coefficient (Wildman–Crippen LogP) is 1.28. The molecule has 7 heteroatoms. The molecule has 6 nitrogen and oxygen atoms in total. The molecular weight excluding hydrogens is 246 g/mol. The number of amides is 1. The average molecular weight is 258 g/mol. The molecule has 17 heavy (non-hydrogen) atoms. The van der Waals surface area contributed by atoms with E-state index in [4.69, 9.17) is 27.0 Å². The summed E-state index contributed by atoms with van der Waals surface area (Å²) >= 11 is 5.75. The molecule has 1 amide bonds. The van der Waals surface area contributed by atoms with E-state index in [0.717, 1.165) is 6.42 Å². The summed E-state index contributed by atoms with van der Waals surface area (Å²) in [6.45, 7) is 0.557. The van der Waals surface area contributed by atoms with Gasteiger partial charge in [-0.05, 0) is 30.5 Å².